The van der Waals surface area contributed by atoms with Gasteiger partial charge in [-0.15, -0.1) is 0 Å². The van der Waals surface area contributed by atoms with Gasteiger partial charge in [0.25, 0.3) is 5.91 Å². The lowest BCUT2D eigenvalue weighted by atomic mass is 10.1. The molecule has 1 N–H and O–H groups in total. The molecule has 0 aliphatic heterocycles. The van der Waals surface area contributed by atoms with Crippen LogP contribution in [0.25, 0.3) is 6.08 Å². The van der Waals surface area contributed by atoms with Gasteiger partial charge in [-0.1, -0.05) is 48.9 Å². The highest BCUT2D eigenvalue weighted by Gasteiger charge is 2.10. The number of carbonyl (C=O) groups is 1. The highest BCUT2D eigenvalue weighted by molar-refractivity contribution is 6.31. The van der Waals surface area contributed by atoms with E-state index in [4.69, 9.17) is 21.1 Å². The molecular weight excluding hydrogens is 424 g/mol. The Hall–Kier alpha value is -3.75. The van der Waals surface area contributed by atoms with Gasteiger partial charge in [0.1, 0.15) is 29.7 Å². The number of amides is 1. The van der Waals surface area contributed by atoms with E-state index >= 15 is 0 Å². The van der Waals surface area contributed by atoms with E-state index in [9.17, 15) is 10.1 Å². The summed E-state index contributed by atoms with van der Waals surface area (Å²) in [7, 11) is 0. The summed E-state index contributed by atoms with van der Waals surface area (Å²) in [6.45, 7) is 3.02. The Morgan fingerprint density at radius 3 is 2.31 bits per heavy atom. The van der Waals surface area contributed by atoms with Crippen molar-refractivity contribution in [2.24, 2.45) is 0 Å². The van der Waals surface area contributed by atoms with E-state index in [0.717, 1.165) is 23.3 Å². The Morgan fingerprint density at radius 2 is 1.66 bits per heavy atom. The van der Waals surface area contributed by atoms with Gasteiger partial charge >= 0.3 is 0 Å². The highest BCUT2D eigenvalue weighted by Crippen LogP contribution is 2.21. The monoisotopic (exact) mass is 446 g/mol. The summed E-state index contributed by atoms with van der Waals surface area (Å²) in [5, 5.41) is 12.8. The Balaban J connectivity index is 1.59. The number of anilines is 1. The highest BCUT2D eigenvalue weighted by atomic mass is 35.5. The first-order chi connectivity index (χ1) is 15.6. The van der Waals surface area contributed by atoms with Crippen molar-refractivity contribution in [3.8, 4) is 17.6 Å². The van der Waals surface area contributed by atoms with Crippen LogP contribution in [0.5, 0.6) is 11.5 Å². The van der Waals surface area contributed by atoms with E-state index in [-0.39, 0.29) is 5.57 Å². The van der Waals surface area contributed by atoms with Crippen LogP contribution in [-0.2, 0) is 11.4 Å². The molecule has 162 valence electrons. The van der Waals surface area contributed by atoms with E-state index in [1.165, 1.54) is 0 Å². The summed E-state index contributed by atoms with van der Waals surface area (Å²) in [5.41, 5.74) is 2.19. The van der Waals surface area contributed by atoms with Crippen LogP contribution in [-0.4, -0.2) is 12.5 Å². The number of nitriles is 1. The number of ether oxygens (including phenoxy) is 2. The molecule has 3 aromatic carbocycles. The summed E-state index contributed by atoms with van der Waals surface area (Å²) in [6, 6.07) is 23.6. The smallest absolute Gasteiger partial charge is 0.266 e. The van der Waals surface area contributed by atoms with E-state index in [1.807, 2.05) is 49.4 Å². The van der Waals surface area contributed by atoms with Gasteiger partial charge in [0, 0.05) is 16.3 Å². The largest absolute Gasteiger partial charge is 0.494 e. The van der Waals surface area contributed by atoms with Crippen molar-refractivity contribution in [2.75, 3.05) is 11.9 Å². The number of nitrogens with zero attached hydrogens (tertiary/aromatic N) is 1. The Morgan fingerprint density at radius 1 is 1.00 bits per heavy atom. The summed E-state index contributed by atoms with van der Waals surface area (Å²) in [5.74, 6) is 0.914. The predicted octanol–water partition coefficient (Wildman–Crippen LogP) is 6.25. The normalized spacial score (nSPS) is 10.8. The lowest BCUT2D eigenvalue weighted by Gasteiger charge is -2.09. The van der Waals surface area contributed by atoms with Crippen LogP contribution in [0.3, 0.4) is 0 Å². The van der Waals surface area contributed by atoms with Crippen molar-refractivity contribution in [3.05, 3.63) is 94.5 Å². The second-order valence-corrected chi connectivity index (χ2v) is 7.35. The molecule has 0 saturated carbocycles. The maximum absolute atomic E-state index is 12.5. The summed E-state index contributed by atoms with van der Waals surface area (Å²) in [4.78, 5) is 12.5. The van der Waals surface area contributed by atoms with Crippen LogP contribution in [0.15, 0.2) is 78.4 Å². The van der Waals surface area contributed by atoms with E-state index in [1.54, 1.807) is 42.5 Å². The minimum atomic E-state index is -0.483. The van der Waals surface area contributed by atoms with Gasteiger partial charge in [-0.05, 0) is 60.5 Å². The van der Waals surface area contributed by atoms with Crippen molar-refractivity contribution in [1.29, 1.82) is 5.26 Å². The fourth-order valence-electron chi connectivity index (χ4n) is 2.80. The van der Waals surface area contributed by atoms with E-state index in [0.29, 0.717) is 29.7 Å². The lowest BCUT2D eigenvalue weighted by molar-refractivity contribution is -0.112. The third-order valence-corrected chi connectivity index (χ3v) is 4.86. The minimum absolute atomic E-state index is 0.00581. The molecule has 3 rings (SSSR count). The predicted molar refractivity (Wildman–Crippen MR) is 127 cm³/mol. The first kappa shape index (κ1) is 22.9. The third-order valence-electron chi connectivity index (χ3n) is 4.49. The maximum Gasteiger partial charge on any atom is 0.266 e. The van der Waals surface area contributed by atoms with Gasteiger partial charge in [-0.2, -0.15) is 5.26 Å². The van der Waals surface area contributed by atoms with Gasteiger partial charge in [0.15, 0.2) is 0 Å². The number of hydrogen-bond donors (Lipinski definition) is 1. The van der Waals surface area contributed by atoms with Crippen LogP contribution >= 0.6 is 11.6 Å². The quantitative estimate of drug-likeness (QED) is 0.311. The average Bonchev–Trinajstić information content (AvgIpc) is 2.82. The molecule has 0 unspecified atom stereocenters. The molecule has 0 bridgehead atoms. The van der Waals surface area contributed by atoms with Crippen molar-refractivity contribution in [1.82, 2.24) is 0 Å². The van der Waals surface area contributed by atoms with Crippen molar-refractivity contribution < 1.29 is 14.3 Å². The second-order valence-electron chi connectivity index (χ2n) is 6.95. The van der Waals surface area contributed by atoms with E-state index in [2.05, 4.69) is 5.32 Å². The molecule has 0 aliphatic carbocycles. The molecule has 0 fully saturated rings. The fourth-order valence-corrected chi connectivity index (χ4v) is 3.00. The fraction of sp³-hybridized carbons (Fsp3) is 0.154. The van der Waals surface area contributed by atoms with Gasteiger partial charge < -0.3 is 14.8 Å². The molecule has 3 aromatic rings. The SMILES string of the molecule is CCCOc1ccc(/C=C(\C#N)C(=O)Nc2ccc(OCc3ccccc3Cl)cc2)cc1. The number of nitrogens with one attached hydrogen (secondary N) is 1. The summed E-state index contributed by atoms with van der Waals surface area (Å²) >= 11 is 6.14. The first-order valence-electron chi connectivity index (χ1n) is 10.2. The van der Waals surface area contributed by atoms with Crippen molar-refractivity contribution >= 4 is 29.3 Å². The first-order valence-corrected chi connectivity index (χ1v) is 10.6. The van der Waals surface area contributed by atoms with Crippen LogP contribution in [0.2, 0.25) is 5.02 Å². The molecule has 5 nitrogen and oxygen atoms in total. The van der Waals surface area contributed by atoms with Gasteiger partial charge in [0.05, 0.1) is 6.61 Å². The third kappa shape index (κ3) is 6.63. The van der Waals surface area contributed by atoms with Gasteiger partial charge in [-0.25, -0.2) is 0 Å². The molecule has 0 radical (unpaired) electrons. The van der Waals surface area contributed by atoms with Crippen LogP contribution < -0.4 is 14.8 Å². The zero-order valence-corrected chi connectivity index (χ0v) is 18.4. The molecule has 32 heavy (non-hydrogen) atoms. The lowest BCUT2D eigenvalue weighted by Crippen LogP contribution is -2.13. The molecule has 0 heterocycles. The Bertz CT molecular complexity index is 1120. The molecule has 1 amide bonds. The summed E-state index contributed by atoms with van der Waals surface area (Å²) < 4.78 is 11.3. The molecule has 0 spiro atoms. The summed E-state index contributed by atoms with van der Waals surface area (Å²) in [6.07, 6.45) is 2.47. The van der Waals surface area contributed by atoms with Crippen molar-refractivity contribution in [2.45, 2.75) is 20.0 Å². The molecule has 0 atom stereocenters. The van der Waals surface area contributed by atoms with Gasteiger partial charge in [-0.3, -0.25) is 4.79 Å². The molecule has 0 aliphatic rings. The number of halogens is 1. The number of benzene rings is 3. The molecule has 0 aromatic heterocycles. The second kappa shape index (κ2) is 11.6. The Labute approximate surface area is 192 Å². The topological polar surface area (TPSA) is 71.3 Å². The minimum Gasteiger partial charge on any atom is -0.494 e. The average molecular weight is 447 g/mol. The number of hydrogen-bond acceptors (Lipinski definition) is 4. The van der Waals surface area contributed by atoms with Crippen LogP contribution in [0.4, 0.5) is 5.69 Å². The van der Waals surface area contributed by atoms with Crippen LogP contribution in [0.1, 0.15) is 24.5 Å². The van der Waals surface area contributed by atoms with Gasteiger partial charge in [0.2, 0.25) is 0 Å². The van der Waals surface area contributed by atoms with Crippen molar-refractivity contribution in [3.63, 3.8) is 0 Å². The molecule has 6 heteroatoms. The standard InChI is InChI=1S/C26H23ClN2O3/c1-2-15-31-23-11-7-19(8-12-23)16-21(17-28)26(30)29-22-9-13-24(14-10-22)32-18-20-5-3-4-6-25(20)27/h3-14,16H,2,15,18H2,1H3,(H,29,30)/b21-16+. The maximum atomic E-state index is 12.5. The molecular formula is C26H23ClN2O3. The zero-order chi connectivity index (χ0) is 22.8. The van der Waals surface area contributed by atoms with E-state index < -0.39 is 5.91 Å². The van der Waals surface area contributed by atoms with Crippen LogP contribution in [0, 0.1) is 11.3 Å². The Kier molecular flexibility index (Phi) is 8.30. The molecule has 0 saturated heterocycles. The zero-order valence-electron chi connectivity index (χ0n) is 17.7. The number of rotatable bonds is 9. The number of carbonyl (C=O) groups excluding carboxylic acids is 1.